The first-order valence-electron chi connectivity index (χ1n) is 8.70. The first-order valence-corrected chi connectivity index (χ1v) is 10.5. The summed E-state index contributed by atoms with van der Waals surface area (Å²) in [7, 11) is 0. The Balaban J connectivity index is 1.81. The standard InChI is InChI=1S/C20H19BrN4O2S/c1-14(26)22-12-11-19-23-24-20(25(19)17-9-7-16(21)8-10-17)28-13-18(27)15-5-3-2-4-6-15/h2-10H,11-13H2,1H3,(H,22,26). The molecular weight excluding hydrogens is 440 g/mol. The fourth-order valence-electron chi connectivity index (χ4n) is 2.59. The monoisotopic (exact) mass is 458 g/mol. The molecule has 0 unspecified atom stereocenters. The molecule has 0 aliphatic rings. The summed E-state index contributed by atoms with van der Waals surface area (Å²) in [6.07, 6.45) is 0.538. The number of carbonyl (C=O) groups excluding carboxylic acids is 2. The van der Waals surface area contributed by atoms with E-state index in [-0.39, 0.29) is 17.4 Å². The van der Waals surface area contributed by atoms with Gasteiger partial charge in [0.2, 0.25) is 5.91 Å². The van der Waals surface area contributed by atoms with E-state index in [1.165, 1.54) is 18.7 Å². The lowest BCUT2D eigenvalue weighted by molar-refractivity contribution is -0.118. The van der Waals surface area contributed by atoms with E-state index in [2.05, 4.69) is 31.4 Å². The van der Waals surface area contributed by atoms with E-state index in [9.17, 15) is 9.59 Å². The maximum Gasteiger partial charge on any atom is 0.216 e. The van der Waals surface area contributed by atoms with Crippen LogP contribution in [0.5, 0.6) is 0 Å². The van der Waals surface area contributed by atoms with Gasteiger partial charge in [0.1, 0.15) is 5.82 Å². The fourth-order valence-corrected chi connectivity index (χ4v) is 3.72. The van der Waals surface area contributed by atoms with Crippen molar-refractivity contribution in [3.05, 3.63) is 70.5 Å². The minimum absolute atomic E-state index is 0.0377. The molecule has 0 fully saturated rings. The van der Waals surface area contributed by atoms with E-state index in [0.29, 0.717) is 23.7 Å². The molecule has 1 N–H and O–H groups in total. The normalized spacial score (nSPS) is 10.6. The van der Waals surface area contributed by atoms with Crippen molar-refractivity contribution < 1.29 is 9.59 Å². The van der Waals surface area contributed by atoms with Crippen LogP contribution in [0, 0.1) is 0 Å². The van der Waals surface area contributed by atoms with Gasteiger partial charge in [-0.15, -0.1) is 10.2 Å². The zero-order valence-electron chi connectivity index (χ0n) is 15.3. The molecule has 8 heteroatoms. The van der Waals surface area contributed by atoms with E-state index in [1.807, 2.05) is 47.0 Å². The lowest BCUT2D eigenvalue weighted by Gasteiger charge is -2.10. The van der Waals surface area contributed by atoms with Gasteiger partial charge < -0.3 is 5.32 Å². The van der Waals surface area contributed by atoms with E-state index in [4.69, 9.17) is 0 Å². The van der Waals surface area contributed by atoms with E-state index < -0.39 is 0 Å². The van der Waals surface area contributed by atoms with Crippen molar-refractivity contribution in [2.24, 2.45) is 0 Å². The summed E-state index contributed by atoms with van der Waals surface area (Å²) in [5, 5.41) is 12.0. The summed E-state index contributed by atoms with van der Waals surface area (Å²) in [4.78, 5) is 23.6. The van der Waals surface area contributed by atoms with Crippen LogP contribution in [0.25, 0.3) is 5.69 Å². The zero-order chi connectivity index (χ0) is 19.9. The number of ketones is 1. The highest BCUT2D eigenvalue weighted by Gasteiger charge is 2.16. The van der Waals surface area contributed by atoms with Gasteiger partial charge in [-0.05, 0) is 24.3 Å². The number of amides is 1. The number of rotatable bonds is 8. The highest BCUT2D eigenvalue weighted by atomic mass is 79.9. The number of benzene rings is 2. The summed E-state index contributed by atoms with van der Waals surface area (Å²) in [5.74, 6) is 0.948. The first kappa shape index (κ1) is 20.3. The maximum atomic E-state index is 12.4. The van der Waals surface area contributed by atoms with Crippen LogP contribution < -0.4 is 5.32 Å². The second-order valence-corrected chi connectivity index (χ2v) is 7.88. The number of nitrogens with one attached hydrogen (secondary N) is 1. The summed E-state index contributed by atoms with van der Waals surface area (Å²) in [6, 6.07) is 17.0. The average Bonchev–Trinajstić information content (AvgIpc) is 3.10. The average molecular weight is 459 g/mol. The molecule has 0 aliphatic heterocycles. The summed E-state index contributed by atoms with van der Waals surface area (Å²) in [6.45, 7) is 1.95. The Morgan fingerprint density at radius 3 is 2.46 bits per heavy atom. The summed E-state index contributed by atoms with van der Waals surface area (Å²) in [5.41, 5.74) is 1.58. The van der Waals surface area contributed by atoms with Gasteiger partial charge in [0.25, 0.3) is 0 Å². The van der Waals surface area contributed by atoms with Crippen LogP contribution in [-0.2, 0) is 11.2 Å². The SMILES string of the molecule is CC(=O)NCCc1nnc(SCC(=O)c2ccccc2)n1-c1ccc(Br)cc1. The molecule has 3 aromatic rings. The molecule has 0 spiro atoms. The van der Waals surface area contributed by atoms with Gasteiger partial charge in [0.05, 0.1) is 5.75 Å². The Kier molecular flexibility index (Phi) is 7.00. The van der Waals surface area contributed by atoms with Crippen molar-refractivity contribution in [3.8, 4) is 5.69 Å². The third kappa shape index (κ3) is 5.30. The quantitative estimate of drug-likeness (QED) is 0.411. The van der Waals surface area contributed by atoms with Gasteiger partial charge >= 0.3 is 0 Å². The van der Waals surface area contributed by atoms with Gasteiger partial charge in [-0.3, -0.25) is 14.2 Å². The molecule has 0 bridgehead atoms. The molecule has 0 aliphatic carbocycles. The Hall–Kier alpha value is -2.45. The highest BCUT2D eigenvalue weighted by molar-refractivity contribution is 9.10. The van der Waals surface area contributed by atoms with Gasteiger partial charge in [0.15, 0.2) is 10.9 Å². The van der Waals surface area contributed by atoms with Gasteiger partial charge in [-0.2, -0.15) is 0 Å². The minimum atomic E-state index is -0.0854. The number of nitrogens with zero attached hydrogens (tertiary/aromatic N) is 3. The number of hydrogen-bond donors (Lipinski definition) is 1. The molecule has 0 saturated carbocycles. The predicted octanol–water partition coefficient (Wildman–Crippen LogP) is 3.68. The first-order chi connectivity index (χ1) is 13.5. The Morgan fingerprint density at radius 2 is 1.79 bits per heavy atom. The Bertz CT molecular complexity index is 958. The van der Waals surface area contributed by atoms with Crippen LogP contribution in [0.2, 0.25) is 0 Å². The topological polar surface area (TPSA) is 76.9 Å². The van der Waals surface area contributed by atoms with Crippen molar-refractivity contribution in [1.82, 2.24) is 20.1 Å². The molecule has 2 aromatic carbocycles. The molecule has 1 amide bonds. The lowest BCUT2D eigenvalue weighted by atomic mass is 10.2. The second kappa shape index (κ2) is 9.66. The highest BCUT2D eigenvalue weighted by Crippen LogP contribution is 2.24. The second-order valence-electron chi connectivity index (χ2n) is 6.02. The number of aromatic nitrogens is 3. The molecule has 144 valence electrons. The fraction of sp³-hybridized carbons (Fsp3) is 0.200. The smallest absolute Gasteiger partial charge is 0.216 e. The third-order valence-corrected chi connectivity index (χ3v) is 5.39. The lowest BCUT2D eigenvalue weighted by Crippen LogP contribution is -2.23. The van der Waals surface area contributed by atoms with Gasteiger partial charge in [0, 0.05) is 35.6 Å². The number of carbonyl (C=O) groups is 2. The van der Waals surface area contributed by atoms with Crippen molar-refractivity contribution in [2.45, 2.75) is 18.5 Å². The number of halogens is 1. The minimum Gasteiger partial charge on any atom is -0.356 e. The molecule has 3 rings (SSSR count). The number of Topliss-reactive ketones (excluding diaryl/α,β-unsaturated/α-hetero) is 1. The van der Waals surface area contributed by atoms with Gasteiger partial charge in [-0.25, -0.2) is 0 Å². The molecule has 0 saturated heterocycles. The van der Waals surface area contributed by atoms with E-state index >= 15 is 0 Å². The Labute approximate surface area is 175 Å². The van der Waals surface area contributed by atoms with Crippen molar-refractivity contribution >= 4 is 39.4 Å². The summed E-state index contributed by atoms with van der Waals surface area (Å²) >= 11 is 4.79. The Morgan fingerprint density at radius 1 is 1.07 bits per heavy atom. The maximum absolute atomic E-state index is 12.4. The molecule has 0 atom stereocenters. The van der Waals surface area contributed by atoms with Crippen LogP contribution in [0.15, 0.2) is 64.2 Å². The molecule has 28 heavy (non-hydrogen) atoms. The van der Waals surface area contributed by atoms with E-state index in [0.717, 1.165) is 16.0 Å². The van der Waals surface area contributed by atoms with Crippen LogP contribution in [0.4, 0.5) is 0 Å². The van der Waals surface area contributed by atoms with Crippen LogP contribution in [-0.4, -0.2) is 38.8 Å². The predicted molar refractivity (Wildman–Crippen MR) is 113 cm³/mol. The van der Waals surface area contributed by atoms with Crippen molar-refractivity contribution in [1.29, 1.82) is 0 Å². The molecule has 6 nitrogen and oxygen atoms in total. The molecule has 1 aromatic heterocycles. The largest absolute Gasteiger partial charge is 0.356 e. The molecule has 1 heterocycles. The van der Waals surface area contributed by atoms with Crippen LogP contribution in [0.1, 0.15) is 23.1 Å². The number of hydrogen-bond acceptors (Lipinski definition) is 5. The molecule has 0 radical (unpaired) electrons. The van der Waals surface area contributed by atoms with Crippen LogP contribution >= 0.6 is 27.7 Å². The zero-order valence-corrected chi connectivity index (χ0v) is 17.7. The van der Waals surface area contributed by atoms with Crippen molar-refractivity contribution in [3.63, 3.8) is 0 Å². The molecular formula is C20H19BrN4O2S. The van der Waals surface area contributed by atoms with E-state index in [1.54, 1.807) is 12.1 Å². The van der Waals surface area contributed by atoms with Gasteiger partial charge in [-0.1, -0.05) is 58.0 Å². The third-order valence-electron chi connectivity index (χ3n) is 3.94. The van der Waals surface area contributed by atoms with Crippen molar-refractivity contribution in [2.75, 3.05) is 12.3 Å². The number of thioether (sulfide) groups is 1. The van der Waals surface area contributed by atoms with Crippen LogP contribution in [0.3, 0.4) is 0 Å². The summed E-state index contributed by atoms with van der Waals surface area (Å²) < 4.78 is 2.90.